The molecule has 0 aliphatic rings. The summed E-state index contributed by atoms with van der Waals surface area (Å²) in [7, 11) is 0. The first-order chi connectivity index (χ1) is 9.63. The van der Waals surface area contributed by atoms with Gasteiger partial charge in [-0.3, -0.25) is 4.79 Å². The van der Waals surface area contributed by atoms with E-state index in [-0.39, 0.29) is 12.1 Å². The Morgan fingerprint density at radius 3 is 2.43 bits per heavy atom. The SMILES string of the molecule is Cc1ccc(C(=O)O)cc1NC(=O)NCC(C)(C)C(N)=O. The Morgan fingerprint density at radius 1 is 1.29 bits per heavy atom. The molecule has 0 atom stereocenters. The van der Waals surface area contributed by atoms with Gasteiger partial charge in [0.05, 0.1) is 11.0 Å². The van der Waals surface area contributed by atoms with Crippen molar-refractivity contribution in [3.8, 4) is 0 Å². The van der Waals surface area contributed by atoms with Gasteiger partial charge in [0.1, 0.15) is 0 Å². The van der Waals surface area contributed by atoms with Gasteiger partial charge in [-0.1, -0.05) is 6.07 Å². The first kappa shape index (κ1) is 16.5. The largest absolute Gasteiger partial charge is 0.478 e. The number of anilines is 1. The van der Waals surface area contributed by atoms with E-state index in [1.807, 2.05) is 0 Å². The Morgan fingerprint density at radius 2 is 1.90 bits per heavy atom. The minimum Gasteiger partial charge on any atom is -0.478 e. The highest BCUT2D eigenvalue weighted by Crippen LogP contribution is 2.17. The summed E-state index contributed by atoms with van der Waals surface area (Å²) in [6.45, 7) is 5.05. The Bertz CT molecular complexity index is 582. The highest BCUT2D eigenvalue weighted by atomic mass is 16.4. The van der Waals surface area contributed by atoms with E-state index in [0.29, 0.717) is 5.69 Å². The number of benzene rings is 1. The summed E-state index contributed by atoms with van der Waals surface area (Å²) in [4.78, 5) is 33.8. The first-order valence-electron chi connectivity index (χ1n) is 6.32. The van der Waals surface area contributed by atoms with Crippen molar-refractivity contribution in [1.82, 2.24) is 5.32 Å². The summed E-state index contributed by atoms with van der Waals surface area (Å²) in [5.41, 5.74) is 5.54. The third kappa shape index (κ3) is 4.48. The topological polar surface area (TPSA) is 122 Å². The van der Waals surface area contributed by atoms with E-state index in [1.165, 1.54) is 12.1 Å². The van der Waals surface area contributed by atoms with E-state index >= 15 is 0 Å². The molecule has 5 N–H and O–H groups in total. The van der Waals surface area contributed by atoms with Gasteiger partial charge < -0.3 is 21.5 Å². The maximum absolute atomic E-state index is 11.8. The number of carboxylic acids is 1. The molecule has 0 bridgehead atoms. The number of urea groups is 1. The second-order valence-corrected chi connectivity index (χ2v) is 5.39. The maximum Gasteiger partial charge on any atom is 0.335 e. The van der Waals surface area contributed by atoms with Crippen molar-refractivity contribution in [1.29, 1.82) is 0 Å². The van der Waals surface area contributed by atoms with Crippen LogP contribution in [0.5, 0.6) is 0 Å². The van der Waals surface area contributed by atoms with Gasteiger partial charge in [-0.15, -0.1) is 0 Å². The number of carbonyl (C=O) groups excluding carboxylic acids is 2. The molecule has 0 radical (unpaired) electrons. The molecule has 7 nitrogen and oxygen atoms in total. The maximum atomic E-state index is 11.8. The van der Waals surface area contributed by atoms with Crippen molar-refractivity contribution in [2.45, 2.75) is 20.8 Å². The lowest BCUT2D eigenvalue weighted by Gasteiger charge is -2.21. The van der Waals surface area contributed by atoms with Crippen LogP contribution < -0.4 is 16.4 Å². The third-order valence-corrected chi connectivity index (χ3v) is 3.09. The van der Waals surface area contributed by atoms with Crippen molar-refractivity contribution < 1.29 is 19.5 Å². The molecule has 0 fully saturated rings. The number of hydrogen-bond acceptors (Lipinski definition) is 3. The number of nitrogens with two attached hydrogens (primary N) is 1. The number of carbonyl (C=O) groups is 3. The number of aromatic carboxylic acids is 1. The molecule has 0 heterocycles. The zero-order chi connectivity index (χ0) is 16.2. The molecule has 0 saturated carbocycles. The highest BCUT2D eigenvalue weighted by Gasteiger charge is 2.25. The van der Waals surface area contributed by atoms with Crippen LogP contribution in [0, 0.1) is 12.3 Å². The van der Waals surface area contributed by atoms with Gasteiger partial charge in [-0.05, 0) is 38.5 Å². The van der Waals surface area contributed by atoms with E-state index in [0.717, 1.165) is 5.56 Å². The average Bonchev–Trinajstić information content (AvgIpc) is 2.38. The predicted molar refractivity (Wildman–Crippen MR) is 78.1 cm³/mol. The smallest absolute Gasteiger partial charge is 0.335 e. The lowest BCUT2D eigenvalue weighted by Crippen LogP contribution is -2.43. The monoisotopic (exact) mass is 293 g/mol. The molecule has 0 aliphatic carbocycles. The van der Waals surface area contributed by atoms with Crippen LogP contribution in [0.2, 0.25) is 0 Å². The number of aryl methyl sites for hydroxylation is 1. The van der Waals surface area contributed by atoms with Crippen LogP contribution in [0.15, 0.2) is 18.2 Å². The summed E-state index contributed by atoms with van der Waals surface area (Å²) in [6.07, 6.45) is 0. The highest BCUT2D eigenvalue weighted by molar-refractivity contribution is 5.94. The number of hydrogen-bond donors (Lipinski definition) is 4. The Balaban J connectivity index is 2.73. The van der Waals surface area contributed by atoms with Gasteiger partial charge in [-0.2, -0.15) is 0 Å². The summed E-state index contributed by atoms with van der Waals surface area (Å²) < 4.78 is 0. The normalized spacial score (nSPS) is 10.8. The van der Waals surface area contributed by atoms with Crippen molar-refractivity contribution in [3.05, 3.63) is 29.3 Å². The molecule has 1 rings (SSSR count). The number of primary amides is 1. The minimum absolute atomic E-state index is 0.0752. The van der Waals surface area contributed by atoms with Crippen molar-refractivity contribution in [2.24, 2.45) is 11.1 Å². The summed E-state index contributed by atoms with van der Waals surface area (Å²) in [5.74, 6) is -1.60. The molecule has 1 aromatic rings. The van der Waals surface area contributed by atoms with Crippen LogP contribution >= 0.6 is 0 Å². The fourth-order valence-corrected chi connectivity index (χ4v) is 1.44. The standard InChI is InChI=1S/C14H19N3O4/c1-8-4-5-9(11(18)19)6-10(8)17-13(21)16-7-14(2,3)12(15)20/h4-6H,7H2,1-3H3,(H2,15,20)(H,18,19)(H2,16,17,21). The fraction of sp³-hybridized carbons (Fsp3) is 0.357. The van der Waals surface area contributed by atoms with E-state index in [2.05, 4.69) is 10.6 Å². The third-order valence-electron chi connectivity index (χ3n) is 3.09. The molecule has 7 heteroatoms. The average molecular weight is 293 g/mol. The zero-order valence-electron chi connectivity index (χ0n) is 12.2. The fourth-order valence-electron chi connectivity index (χ4n) is 1.44. The van der Waals surface area contributed by atoms with Gasteiger partial charge in [0.25, 0.3) is 0 Å². The van der Waals surface area contributed by atoms with Gasteiger partial charge in [0, 0.05) is 12.2 Å². The molecule has 0 spiro atoms. The van der Waals surface area contributed by atoms with Gasteiger partial charge in [0.2, 0.25) is 5.91 Å². The van der Waals surface area contributed by atoms with Gasteiger partial charge in [-0.25, -0.2) is 9.59 Å². The van der Waals surface area contributed by atoms with Crippen LogP contribution in [0.4, 0.5) is 10.5 Å². The summed E-state index contributed by atoms with van der Waals surface area (Å²) in [6, 6.07) is 3.90. The molecule has 0 aliphatic heterocycles. The molecule has 3 amide bonds. The molecular formula is C14H19N3O4. The Hall–Kier alpha value is -2.57. The Kier molecular flexibility index (Phi) is 4.91. The zero-order valence-corrected chi connectivity index (χ0v) is 12.2. The molecule has 114 valence electrons. The minimum atomic E-state index is -1.08. The van der Waals surface area contributed by atoms with Crippen LogP contribution in [0.25, 0.3) is 0 Å². The van der Waals surface area contributed by atoms with Crippen molar-refractivity contribution >= 4 is 23.6 Å². The van der Waals surface area contributed by atoms with E-state index in [9.17, 15) is 14.4 Å². The van der Waals surface area contributed by atoms with Crippen LogP contribution in [0.1, 0.15) is 29.8 Å². The van der Waals surface area contributed by atoms with E-state index in [1.54, 1.807) is 26.8 Å². The van der Waals surface area contributed by atoms with Crippen molar-refractivity contribution in [2.75, 3.05) is 11.9 Å². The van der Waals surface area contributed by atoms with Gasteiger partial charge >= 0.3 is 12.0 Å². The first-order valence-corrected chi connectivity index (χ1v) is 6.32. The predicted octanol–water partition coefficient (Wildman–Crippen LogP) is 1.33. The second kappa shape index (κ2) is 6.25. The van der Waals surface area contributed by atoms with Crippen LogP contribution in [-0.2, 0) is 4.79 Å². The summed E-state index contributed by atoms with van der Waals surface area (Å²) in [5, 5.41) is 14.0. The van der Waals surface area contributed by atoms with Gasteiger partial charge in [0.15, 0.2) is 0 Å². The molecule has 0 unspecified atom stereocenters. The summed E-state index contributed by atoms with van der Waals surface area (Å²) >= 11 is 0. The van der Waals surface area contributed by atoms with E-state index < -0.39 is 23.3 Å². The molecule has 21 heavy (non-hydrogen) atoms. The molecule has 0 saturated heterocycles. The van der Waals surface area contributed by atoms with E-state index in [4.69, 9.17) is 10.8 Å². The number of amides is 3. The Labute approximate surface area is 122 Å². The lowest BCUT2D eigenvalue weighted by atomic mass is 9.93. The van der Waals surface area contributed by atoms with Crippen LogP contribution in [0.3, 0.4) is 0 Å². The number of carboxylic acid groups (broad SMARTS) is 1. The second-order valence-electron chi connectivity index (χ2n) is 5.39. The number of nitrogens with one attached hydrogen (secondary N) is 2. The van der Waals surface area contributed by atoms with Crippen LogP contribution in [-0.4, -0.2) is 29.6 Å². The molecule has 0 aromatic heterocycles. The van der Waals surface area contributed by atoms with Crippen molar-refractivity contribution in [3.63, 3.8) is 0 Å². The lowest BCUT2D eigenvalue weighted by molar-refractivity contribution is -0.125. The molecular weight excluding hydrogens is 274 g/mol. The molecule has 1 aromatic carbocycles. The number of rotatable bonds is 5. The quantitative estimate of drug-likeness (QED) is 0.654.